The standard InChI is InChI=1S/C9H18O2/c1-5-7(10)6(2)9(3,4)8(5)11/h5-8,10-11H,1-4H3. The van der Waals surface area contributed by atoms with Crippen LogP contribution >= 0.6 is 0 Å². The van der Waals surface area contributed by atoms with Gasteiger partial charge in [0.2, 0.25) is 0 Å². The first-order chi connectivity index (χ1) is 4.89. The van der Waals surface area contributed by atoms with Crippen LogP contribution in [0.4, 0.5) is 0 Å². The third-order valence-corrected chi connectivity index (χ3v) is 3.48. The number of hydrogen-bond donors (Lipinski definition) is 2. The Morgan fingerprint density at radius 3 is 1.64 bits per heavy atom. The monoisotopic (exact) mass is 158 g/mol. The fourth-order valence-electron chi connectivity index (χ4n) is 2.03. The molecule has 0 saturated heterocycles. The lowest BCUT2D eigenvalue weighted by Gasteiger charge is -2.28. The van der Waals surface area contributed by atoms with Crippen molar-refractivity contribution in [3.05, 3.63) is 0 Å². The molecule has 0 radical (unpaired) electrons. The van der Waals surface area contributed by atoms with Crippen molar-refractivity contribution in [2.75, 3.05) is 0 Å². The summed E-state index contributed by atoms with van der Waals surface area (Å²) in [6.45, 7) is 7.92. The number of hydrogen-bond acceptors (Lipinski definition) is 2. The molecule has 1 rings (SSSR count). The van der Waals surface area contributed by atoms with Crippen LogP contribution < -0.4 is 0 Å². The third kappa shape index (κ3) is 1.09. The van der Waals surface area contributed by atoms with Gasteiger partial charge in [0.05, 0.1) is 12.2 Å². The van der Waals surface area contributed by atoms with Crippen molar-refractivity contribution in [2.24, 2.45) is 17.3 Å². The zero-order valence-electron chi connectivity index (χ0n) is 7.70. The van der Waals surface area contributed by atoms with Crippen LogP contribution in [0.25, 0.3) is 0 Å². The lowest BCUT2D eigenvalue weighted by atomic mass is 9.81. The summed E-state index contributed by atoms with van der Waals surface area (Å²) < 4.78 is 0. The van der Waals surface area contributed by atoms with E-state index in [4.69, 9.17) is 0 Å². The van der Waals surface area contributed by atoms with Crippen LogP contribution in [0.1, 0.15) is 27.7 Å². The zero-order valence-corrected chi connectivity index (χ0v) is 7.70. The highest BCUT2D eigenvalue weighted by Gasteiger charge is 2.50. The summed E-state index contributed by atoms with van der Waals surface area (Å²) in [5, 5.41) is 19.3. The van der Waals surface area contributed by atoms with Crippen molar-refractivity contribution in [2.45, 2.75) is 39.9 Å². The van der Waals surface area contributed by atoms with Crippen LogP contribution in [0, 0.1) is 17.3 Å². The highest BCUT2D eigenvalue weighted by molar-refractivity contribution is 4.99. The van der Waals surface area contributed by atoms with Crippen molar-refractivity contribution < 1.29 is 10.2 Å². The second kappa shape index (κ2) is 2.46. The first-order valence-corrected chi connectivity index (χ1v) is 4.25. The minimum atomic E-state index is -0.368. The summed E-state index contributed by atoms with van der Waals surface area (Å²) in [7, 11) is 0. The number of aliphatic hydroxyl groups is 2. The Morgan fingerprint density at radius 2 is 1.55 bits per heavy atom. The van der Waals surface area contributed by atoms with Gasteiger partial charge in [0.25, 0.3) is 0 Å². The normalized spacial score (nSPS) is 49.6. The van der Waals surface area contributed by atoms with Gasteiger partial charge in [-0.2, -0.15) is 0 Å². The van der Waals surface area contributed by atoms with E-state index in [9.17, 15) is 10.2 Å². The van der Waals surface area contributed by atoms with Crippen molar-refractivity contribution >= 4 is 0 Å². The fourth-order valence-corrected chi connectivity index (χ4v) is 2.03. The molecule has 0 amide bonds. The molecule has 0 aliphatic heterocycles. The average molecular weight is 158 g/mol. The molecule has 0 bridgehead atoms. The molecular formula is C9H18O2. The molecule has 0 aromatic rings. The molecule has 4 atom stereocenters. The second-order valence-electron chi connectivity index (χ2n) is 4.40. The smallest absolute Gasteiger partial charge is 0.0644 e. The van der Waals surface area contributed by atoms with E-state index in [0.29, 0.717) is 0 Å². The lowest BCUT2D eigenvalue weighted by Crippen LogP contribution is -2.29. The molecule has 11 heavy (non-hydrogen) atoms. The largest absolute Gasteiger partial charge is 0.392 e. The third-order valence-electron chi connectivity index (χ3n) is 3.48. The first-order valence-electron chi connectivity index (χ1n) is 4.25. The van der Waals surface area contributed by atoms with Crippen molar-refractivity contribution in [1.29, 1.82) is 0 Å². The van der Waals surface area contributed by atoms with E-state index in [2.05, 4.69) is 0 Å². The Bertz CT molecular complexity index is 138. The molecule has 0 spiro atoms. The van der Waals surface area contributed by atoms with Crippen LogP contribution in [0.15, 0.2) is 0 Å². The summed E-state index contributed by atoms with van der Waals surface area (Å²) in [6, 6.07) is 0. The van der Waals surface area contributed by atoms with Gasteiger partial charge in [0.15, 0.2) is 0 Å². The van der Waals surface area contributed by atoms with E-state index >= 15 is 0 Å². The molecule has 2 N–H and O–H groups in total. The molecule has 1 aliphatic rings. The van der Waals surface area contributed by atoms with Gasteiger partial charge in [0.1, 0.15) is 0 Å². The Morgan fingerprint density at radius 1 is 1.09 bits per heavy atom. The highest BCUT2D eigenvalue weighted by Crippen LogP contribution is 2.45. The predicted molar refractivity (Wildman–Crippen MR) is 44.1 cm³/mol. The van der Waals surface area contributed by atoms with Gasteiger partial charge < -0.3 is 10.2 Å². The maximum Gasteiger partial charge on any atom is 0.0644 e. The van der Waals surface area contributed by atoms with Gasteiger partial charge in [-0.05, 0) is 11.3 Å². The van der Waals surface area contributed by atoms with E-state index in [0.717, 1.165) is 0 Å². The molecule has 2 nitrogen and oxygen atoms in total. The van der Waals surface area contributed by atoms with Gasteiger partial charge in [-0.3, -0.25) is 0 Å². The highest BCUT2D eigenvalue weighted by atomic mass is 16.3. The predicted octanol–water partition coefficient (Wildman–Crippen LogP) is 1.02. The Balaban J connectivity index is 2.87. The van der Waals surface area contributed by atoms with Gasteiger partial charge in [0, 0.05) is 5.92 Å². The SMILES string of the molecule is CC1C(O)C(C)C(C)(C)C1O. The molecule has 2 heteroatoms. The summed E-state index contributed by atoms with van der Waals surface area (Å²) in [5.41, 5.74) is -0.140. The Hall–Kier alpha value is -0.0800. The topological polar surface area (TPSA) is 40.5 Å². The van der Waals surface area contributed by atoms with Crippen LogP contribution in [0.5, 0.6) is 0 Å². The molecule has 0 aromatic carbocycles. The van der Waals surface area contributed by atoms with Crippen LogP contribution in [0.3, 0.4) is 0 Å². The minimum Gasteiger partial charge on any atom is -0.392 e. The van der Waals surface area contributed by atoms with E-state index in [1.807, 2.05) is 27.7 Å². The Kier molecular flexibility index (Phi) is 2.01. The van der Waals surface area contributed by atoms with E-state index in [1.54, 1.807) is 0 Å². The van der Waals surface area contributed by atoms with Crippen molar-refractivity contribution in [3.63, 3.8) is 0 Å². The van der Waals surface area contributed by atoms with E-state index < -0.39 is 0 Å². The lowest BCUT2D eigenvalue weighted by molar-refractivity contribution is 0.0353. The molecule has 1 saturated carbocycles. The van der Waals surface area contributed by atoms with Gasteiger partial charge >= 0.3 is 0 Å². The van der Waals surface area contributed by atoms with Crippen LogP contribution in [-0.2, 0) is 0 Å². The molecule has 0 aromatic heterocycles. The van der Waals surface area contributed by atoms with Gasteiger partial charge in [-0.25, -0.2) is 0 Å². The maximum absolute atomic E-state index is 9.71. The maximum atomic E-state index is 9.71. The van der Waals surface area contributed by atoms with E-state index in [1.165, 1.54) is 0 Å². The summed E-state index contributed by atoms with van der Waals surface area (Å²) in [6.07, 6.45) is -0.715. The molecular weight excluding hydrogens is 140 g/mol. The van der Waals surface area contributed by atoms with Crippen molar-refractivity contribution in [1.82, 2.24) is 0 Å². The number of aliphatic hydroxyl groups excluding tert-OH is 2. The van der Waals surface area contributed by atoms with E-state index in [-0.39, 0.29) is 29.5 Å². The van der Waals surface area contributed by atoms with Gasteiger partial charge in [-0.1, -0.05) is 27.7 Å². The molecule has 4 unspecified atom stereocenters. The number of rotatable bonds is 0. The first kappa shape index (κ1) is 9.01. The summed E-state index contributed by atoms with van der Waals surface area (Å²) >= 11 is 0. The van der Waals surface area contributed by atoms with Crippen molar-refractivity contribution in [3.8, 4) is 0 Å². The zero-order chi connectivity index (χ0) is 8.81. The summed E-state index contributed by atoms with van der Waals surface area (Å²) in [4.78, 5) is 0. The van der Waals surface area contributed by atoms with Crippen LogP contribution in [-0.4, -0.2) is 22.4 Å². The second-order valence-corrected chi connectivity index (χ2v) is 4.40. The fraction of sp³-hybridized carbons (Fsp3) is 1.00. The average Bonchev–Trinajstić information content (AvgIpc) is 2.06. The quantitative estimate of drug-likeness (QED) is 0.552. The van der Waals surface area contributed by atoms with Gasteiger partial charge in [-0.15, -0.1) is 0 Å². The minimum absolute atomic E-state index is 0.0139. The molecule has 1 aliphatic carbocycles. The van der Waals surface area contributed by atoms with Crippen LogP contribution in [0.2, 0.25) is 0 Å². The molecule has 1 fully saturated rings. The molecule has 66 valence electrons. The molecule has 0 heterocycles. The Labute approximate surface area is 68.2 Å². The summed E-state index contributed by atoms with van der Waals surface area (Å²) in [5.74, 6) is 0.201.